The molecule has 2 fully saturated rings. The summed E-state index contributed by atoms with van der Waals surface area (Å²) in [4.78, 5) is 16.2. The molecule has 1 atom stereocenters. The highest BCUT2D eigenvalue weighted by Gasteiger charge is 2.32. The summed E-state index contributed by atoms with van der Waals surface area (Å²) in [5.41, 5.74) is 1.22. The van der Waals surface area contributed by atoms with Crippen LogP contribution in [0.25, 0.3) is 0 Å². The molecule has 0 aliphatic carbocycles. The first kappa shape index (κ1) is 12.9. The van der Waals surface area contributed by atoms with Crippen molar-refractivity contribution in [2.75, 3.05) is 31.1 Å². The predicted octanol–water partition coefficient (Wildman–Crippen LogP) is 2.43. The number of piperazine rings is 1. The minimum atomic E-state index is -0.865. The summed E-state index contributed by atoms with van der Waals surface area (Å²) in [6, 6.07) is 6.21. The standard InChI is InChI=1S/C14H17BrN2O2/c15-11-4-1-5-12(13(11)14(18)19)17-8-7-16-6-2-3-10(16)9-17/h1,4-5,10H,2-3,6-9H2,(H,18,19). The van der Waals surface area contributed by atoms with Crippen LogP contribution < -0.4 is 4.90 Å². The van der Waals surface area contributed by atoms with E-state index in [9.17, 15) is 9.90 Å². The maximum atomic E-state index is 11.4. The van der Waals surface area contributed by atoms with Crippen LogP contribution in [0, 0.1) is 0 Å². The third kappa shape index (κ3) is 2.37. The van der Waals surface area contributed by atoms with E-state index < -0.39 is 5.97 Å². The van der Waals surface area contributed by atoms with Gasteiger partial charge in [0.25, 0.3) is 0 Å². The van der Waals surface area contributed by atoms with Crippen molar-refractivity contribution in [2.24, 2.45) is 0 Å². The van der Waals surface area contributed by atoms with Crippen molar-refractivity contribution in [3.05, 3.63) is 28.2 Å². The fourth-order valence-corrected chi connectivity index (χ4v) is 3.72. The van der Waals surface area contributed by atoms with Gasteiger partial charge in [0.2, 0.25) is 0 Å². The average molecular weight is 325 g/mol. The molecule has 0 saturated carbocycles. The molecule has 0 spiro atoms. The summed E-state index contributed by atoms with van der Waals surface area (Å²) >= 11 is 3.35. The van der Waals surface area contributed by atoms with Crippen molar-refractivity contribution in [3.63, 3.8) is 0 Å². The number of carbonyl (C=O) groups is 1. The quantitative estimate of drug-likeness (QED) is 0.907. The Balaban J connectivity index is 1.90. The normalized spacial score (nSPS) is 23.4. The second-order valence-corrected chi connectivity index (χ2v) is 6.07. The van der Waals surface area contributed by atoms with Crippen molar-refractivity contribution in [3.8, 4) is 0 Å². The van der Waals surface area contributed by atoms with Gasteiger partial charge in [-0.05, 0) is 47.4 Å². The van der Waals surface area contributed by atoms with Gasteiger partial charge in [-0.2, -0.15) is 0 Å². The number of carboxylic acids is 1. The predicted molar refractivity (Wildman–Crippen MR) is 77.9 cm³/mol. The maximum Gasteiger partial charge on any atom is 0.338 e. The lowest BCUT2D eigenvalue weighted by molar-refractivity contribution is 0.0696. The Labute approximate surface area is 121 Å². The lowest BCUT2D eigenvalue weighted by Gasteiger charge is -2.39. The second kappa shape index (κ2) is 5.13. The fraction of sp³-hybridized carbons (Fsp3) is 0.500. The van der Waals surface area contributed by atoms with Gasteiger partial charge in [0.1, 0.15) is 0 Å². The van der Waals surface area contributed by atoms with Crippen molar-refractivity contribution < 1.29 is 9.90 Å². The molecule has 2 aliphatic heterocycles. The summed E-state index contributed by atoms with van der Waals surface area (Å²) < 4.78 is 0.659. The van der Waals surface area contributed by atoms with E-state index in [0.29, 0.717) is 16.1 Å². The molecule has 0 aromatic heterocycles. The molecule has 0 amide bonds. The maximum absolute atomic E-state index is 11.4. The molecule has 2 saturated heterocycles. The number of hydrogen-bond acceptors (Lipinski definition) is 3. The molecule has 1 N–H and O–H groups in total. The highest BCUT2D eigenvalue weighted by atomic mass is 79.9. The molecule has 2 aliphatic rings. The van der Waals surface area contributed by atoms with Crippen LogP contribution in [0.1, 0.15) is 23.2 Å². The Bertz CT molecular complexity index is 506. The topological polar surface area (TPSA) is 43.8 Å². The summed E-state index contributed by atoms with van der Waals surface area (Å²) in [5.74, 6) is -0.865. The monoisotopic (exact) mass is 324 g/mol. The Kier molecular flexibility index (Phi) is 3.50. The molecular weight excluding hydrogens is 308 g/mol. The van der Waals surface area contributed by atoms with Crippen LogP contribution in [-0.2, 0) is 0 Å². The van der Waals surface area contributed by atoms with Crippen molar-refractivity contribution in [1.29, 1.82) is 0 Å². The average Bonchev–Trinajstić information content (AvgIpc) is 2.85. The number of halogens is 1. The molecule has 3 rings (SSSR count). The fourth-order valence-electron chi connectivity index (χ4n) is 3.20. The zero-order valence-corrected chi connectivity index (χ0v) is 12.3. The van der Waals surface area contributed by atoms with Crippen LogP contribution in [0.5, 0.6) is 0 Å². The van der Waals surface area contributed by atoms with Crippen LogP contribution in [0.4, 0.5) is 5.69 Å². The summed E-state index contributed by atoms with van der Waals surface area (Å²) in [6.07, 6.45) is 2.50. The molecule has 1 aromatic carbocycles. The zero-order chi connectivity index (χ0) is 13.4. The van der Waals surface area contributed by atoms with E-state index in [2.05, 4.69) is 25.7 Å². The Morgan fingerprint density at radius 3 is 2.95 bits per heavy atom. The summed E-state index contributed by atoms with van der Waals surface area (Å²) in [6.45, 7) is 4.09. The SMILES string of the molecule is O=C(O)c1c(Br)cccc1N1CCN2CCCC2C1. The largest absolute Gasteiger partial charge is 0.478 e. The van der Waals surface area contributed by atoms with Crippen molar-refractivity contribution in [2.45, 2.75) is 18.9 Å². The molecule has 4 nitrogen and oxygen atoms in total. The summed E-state index contributed by atoms with van der Waals surface area (Å²) in [7, 11) is 0. The van der Waals surface area contributed by atoms with Crippen LogP contribution in [0.15, 0.2) is 22.7 Å². The van der Waals surface area contributed by atoms with Crippen LogP contribution in [0.2, 0.25) is 0 Å². The zero-order valence-electron chi connectivity index (χ0n) is 10.7. The van der Waals surface area contributed by atoms with E-state index in [0.717, 1.165) is 25.3 Å². The first-order chi connectivity index (χ1) is 9.16. The number of aromatic carboxylic acids is 1. The highest BCUT2D eigenvalue weighted by molar-refractivity contribution is 9.10. The molecule has 1 unspecified atom stereocenters. The van der Waals surface area contributed by atoms with Gasteiger partial charge in [-0.25, -0.2) is 4.79 Å². The molecule has 102 valence electrons. The Hall–Kier alpha value is -1.07. The molecule has 1 aromatic rings. The number of benzene rings is 1. The lowest BCUT2D eigenvalue weighted by atomic mass is 10.1. The number of nitrogens with zero attached hydrogens (tertiary/aromatic N) is 2. The smallest absolute Gasteiger partial charge is 0.338 e. The minimum Gasteiger partial charge on any atom is -0.478 e. The molecule has 19 heavy (non-hydrogen) atoms. The first-order valence-electron chi connectivity index (χ1n) is 6.67. The number of carboxylic acid groups (broad SMARTS) is 1. The molecular formula is C14H17BrN2O2. The van der Waals surface area contributed by atoms with Gasteiger partial charge in [0.15, 0.2) is 0 Å². The van der Waals surface area contributed by atoms with Gasteiger partial charge < -0.3 is 10.0 Å². The van der Waals surface area contributed by atoms with Crippen LogP contribution >= 0.6 is 15.9 Å². The third-order valence-corrected chi connectivity index (χ3v) is 4.79. The third-order valence-electron chi connectivity index (χ3n) is 4.13. The van der Waals surface area contributed by atoms with Gasteiger partial charge in [-0.3, -0.25) is 4.90 Å². The molecule has 0 bridgehead atoms. The van der Waals surface area contributed by atoms with E-state index in [4.69, 9.17) is 0 Å². The van der Waals surface area contributed by atoms with Crippen molar-refractivity contribution in [1.82, 2.24) is 4.90 Å². The second-order valence-electron chi connectivity index (χ2n) is 5.22. The molecule has 2 heterocycles. The minimum absolute atomic E-state index is 0.383. The van der Waals surface area contributed by atoms with E-state index >= 15 is 0 Å². The number of hydrogen-bond donors (Lipinski definition) is 1. The van der Waals surface area contributed by atoms with Crippen LogP contribution in [-0.4, -0.2) is 48.2 Å². The van der Waals surface area contributed by atoms with Gasteiger partial charge in [-0.1, -0.05) is 6.07 Å². The Morgan fingerprint density at radius 1 is 1.32 bits per heavy atom. The van der Waals surface area contributed by atoms with E-state index in [1.165, 1.54) is 19.4 Å². The number of anilines is 1. The van der Waals surface area contributed by atoms with Crippen LogP contribution in [0.3, 0.4) is 0 Å². The number of fused-ring (bicyclic) bond motifs is 1. The van der Waals surface area contributed by atoms with E-state index in [-0.39, 0.29) is 0 Å². The first-order valence-corrected chi connectivity index (χ1v) is 7.47. The number of rotatable bonds is 2. The van der Waals surface area contributed by atoms with Gasteiger partial charge in [0, 0.05) is 30.1 Å². The van der Waals surface area contributed by atoms with E-state index in [1.807, 2.05) is 12.1 Å². The van der Waals surface area contributed by atoms with Gasteiger partial charge >= 0.3 is 5.97 Å². The summed E-state index contributed by atoms with van der Waals surface area (Å²) in [5, 5.41) is 9.40. The van der Waals surface area contributed by atoms with E-state index in [1.54, 1.807) is 6.07 Å². The Morgan fingerprint density at radius 2 is 2.16 bits per heavy atom. The van der Waals surface area contributed by atoms with Gasteiger partial charge in [-0.15, -0.1) is 0 Å². The highest BCUT2D eigenvalue weighted by Crippen LogP contribution is 2.31. The lowest BCUT2D eigenvalue weighted by Crippen LogP contribution is -2.50. The van der Waals surface area contributed by atoms with Crippen molar-refractivity contribution >= 4 is 27.6 Å². The molecule has 0 radical (unpaired) electrons. The van der Waals surface area contributed by atoms with Gasteiger partial charge in [0.05, 0.1) is 11.3 Å². The molecule has 5 heteroatoms.